The van der Waals surface area contributed by atoms with E-state index in [9.17, 15) is 4.79 Å². The highest BCUT2D eigenvalue weighted by Gasteiger charge is 2.23. The first-order valence-electron chi connectivity index (χ1n) is 11.2. The minimum absolute atomic E-state index is 0.141. The molecule has 4 rings (SSSR count). The number of carbonyl (C=O) groups is 1. The molecular weight excluding hydrogens is 420 g/mol. The van der Waals surface area contributed by atoms with E-state index in [0.29, 0.717) is 29.4 Å². The van der Waals surface area contributed by atoms with Gasteiger partial charge >= 0.3 is 0 Å². The first kappa shape index (κ1) is 22.4. The minimum Gasteiger partial charge on any atom is -0.485 e. The number of aryl methyl sites for hydroxylation is 1. The van der Waals surface area contributed by atoms with Crippen molar-refractivity contribution in [3.63, 3.8) is 0 Å². The summed E-state index contributed by atoms with van der Waals surface area (Å²) >= 11 is 1.43. The number of amides is 1. The van der Waals surface area contributed by atoms with E-state index in [1.54, 1.807) is 0 Å². The van der Waals surface area contributed by atoms with Gasteiger partial charge in [-0.25, -0.2) is 0 Å². The lowest BCUT2D eigenvalue weighted by atomic mass is 9.94. The summed E-state index contributed by atoms with van der Waals surface area (Å²) < 4.78 is 8.02. The molecule has 0 aliphatic heterocycles. The summed E-state index contributed by atoms with van der Waals surface area (Å²) in [6.07, 6.45) is 5.91. The molecule has 7 heteroatoms. The number of carbonyl (C=O) groups excluding carboxylic acids is 1. The Kier molecular flexibility index (Phi) is 7.47. The van der Waals surface area contributed by atoms with E-state index in [1.165, 1.54) is 31.0 Å². The van der Waals surface area contributed by atoms with Crippen molar-refractivity contribution in [1.29, 1.82) is 0 Å². The van der Waals surface area contributed by atoms with Crippen molar-refractivity contribution in [2.75, 3.05) is 12.8 Å². The van der Waals surface area contributed by atoms with Gasteiger partial charge in [0, 0.05) is 18.8 Å². The standard InChI is InChI=1S/C25H30N4O2S/c1-19-11-9-10-16-22(19)31-17-23-26-27-25(29(23)21-14-7-4-8-15-21)32-18-24(30)28(2)20-12-5-3-6-13-20/h4,7-11,14-16,20H,3,5-6,12-13,17-18H2,1-2H3. The van der Waals surface area contributed by atoms with Gasteiger partial charge in [-0.3, -0.25) is 9.36 Å². The van der Waals surface area contributed by atoms with Crippen molar-refractivity contribution >= 4 is 17.7 Å². The Morgan fingerprint density at radius 1 is 1.06 bits per heavy atom. The van der Waals surface area contributed by atoms with Crippen LogP contribution in [0.2, 0.25) is 0 Å². The number of ether oxygens (including phenoxy) is 1. The summed E-state index contributed by atoms with van der Waals surface area (Å²) in [5.74, 6) is 2.02. The zero-order valence-corrected chi connectivity index (χ0v) is 19.6. The van der Waals surface area contributed by atoms with Gasteiger partial charge < -0.3 is 9.64 Å². The van der Waals surface area contributed by atoms with Crippen LogP contribution in [0.4, 0.5) is 0 Å². The van der Waals surface area contributed by atoms with Crippen LogP contribution in [0.3, 0.4) is 0 Å². The van der Waals surface area contributed by atoms with Crippen molar-refractivity contribution in [3.05, 3.63) is 66.0 Å². The summed E-state index contributed by atoms with van der Waals surface area (Å²) in [5.41, 5.74) is 2.03. The van der Waals surface area contributed by atoms with Crippen LogP contribution in [0.5, 0.6) is 5.75 Å². The molecule has 0 radical (unpaired) electrons. The van der Waals surface area contributed by atoms with E-state index in [4.69, 9.17) is 4.74 Å². The second-order valence-electron chi connectivity index (χ2n) is 8.21. The molecule has 0 saturated heterocycles. The number of benzene rings is 2. The third-order valence-corrected chi connectivity index (χ3v) is 6.92. The highest BCUT2D eigenvalue weighted by Crippen LogP contribution is 2.26. The van der Waals surface area contributed by atoms with Gasteiger partial charge in [0.25, 0.3) is 0 Å². The van der Waals surface area contributed by atoms with Gasteiger partial charge in [-0.1, -0.05) is 67.4 Å². The molecule has 168 valence electrons. The van der Waals surface area contributed by atoms with Gasteiger partial charge in [-0.2, -0.15) is 0 Å². The molecule has 1 aromatic heterocycles. The maximum atomic E-state index is 12.8. The average Bonchev–Trinajstić information content (AvgIpc) is 3.25. The van der Waals surface area contributed by atoms with Gasteiger partial charge in [-0.15, -0.1) is 10.2 Å². The average molecular weight is 451 g/mol. The fourth-order valence-electron chi connectivity index (χ4n) is 4.08. The second-order valence-corrected chi connectivity index (χ2v) is 9.15. The van der Waals surface area contributed by atoms with E-state index in [1.807, 2.05) is 78.0 Å². The van der Waals surface area contributed by atoms with E-state index < -0.39 is 0 Å². The molecule has 3 aromatic rings. The van der Waals surface area contributed by atoms with Crippen LogP contribution in [0, 0.1) is 6.92 Å². The highest BCUT2D eigenvalue weighted by atomic mass is 32.2. The van der Waals surface area contributed by atoms with Crippen LogP contribution in [0.1, 0.15) is 43.5 Å². The molecule has 2 aromatic carbocycles. The Balaban J connectivity index is 1.49. The Bertz CT molecular complexity index is 1030. The van der Waals surface area contributed by atoms with Gasteiger partial charge in [-0.05, 0) is 43.5 Å². The summed E-state index contributed by atoms with van der Waals surface area (Å²) in [6.45, 7) is 2.32. The smallest absolute Gasteiger partial charge is 0.233 e. The lowest BCUT2D eigenvalue weighted by Gasteiger charge is -2.31. The number of thioether (sulfide) groups is 1. The van der Waals surface area contributed by atoms with Crippen LogP contribution in [-0.2, 0) is 11.4 Å². The SMILES string of the molecule is Cc1ccccc1OCc1nnc(SCC(=O)N(C)C2CCCCC2)n1-c1ccccc1. The number of para-hydroxylation sites is 2. The molecule has 1 saturated carbocycles. The first-order chi connectivity index (χ1) is 15.6. The van der Waals surface area contributed by atoms with Crippen molar-refractivity contribution < 1.29 is 9.53 Å². The molecular formula is C25H30N4O2S. The Labute approximate surface area is 194 Å². The van der Waals surface area contributed by atoms with Gasteiger partial charge in [0.2, 0.25) is 5.91 Å². The first-order valence-corrected chi connectivity index (χ1v) is 12.2. The molecule has 1 aliphatic rings. The molecule has 1 aliphatic carbocycles. The number of hydrogen-bond acceptors (Lipinski definition) is 5. The Hall–Kier alpha value is -2.80. The van der Waals surface area contributed by atoms with Gasteiger partial charge in [0.15, 0.2) is 11.0 Å². The van der Waals surface area contributed by atoms with Crippen molar-refractivity contribution in [2.24, 2.45) is 0 Å². The molecule has 32 heavy (non-hydrogen) atoms. The van der Waals surface area contributed by atoms with E-state index >= 15 is 0 Å². The van der Waals surface area contributed by atoms with Crippen molar-refractivity contribution in [1.82, 2.24) is 19.7 Å². The monoisotopic (exact) mass is 450 g/mol. The predicted molar refractivity (Wildman–Crippen MR) is 127 cm³/mol. The van der Waals surface area contributed by atoms with Crippen molar-refractivity contribution in [3.8, 4) is 11.4 Å². The van der Waals surface area contributed by atoms with Crippen LogP contribution in [0.25, 0.3) is 5.69 Å². The molecule has 1 amide bonds. The third-order valence-electron chi connectivity index (χ3n) is 6.01. The van der Waals surface area contributed by atoms with Gasteiger partial charge in [0.1, 0.15) is 12.4 Å². The molecule has 6 nitrogen and oxygen atoms in total. The highest BCUT2D eigenvalue weighted by molar-refractivity contribution is 7.99. The Morgan fingerprint density at radius 2 is 1.78 bits per heavy atom. The zero-order valence-electron chi connectivity index (χ0n) is 18.7. The molecule has 0 spiro atoms. The van der Waals surface area contributed by atoms with Crippen LogP contribution in [-0.4, -0.2) is 44.4 Å². The lowest BCUT2D eigenvalue weighted by molar-refractivity contribution is -0.129. The molecule has 0 N–H and O–H groups in total. The summed E-state index contributed by atoms with van der Waals surface area (Å²) in [5, 5.41) is 9.49. The predicted octanol–water partition coefficient (Wildman–Crippen LogP) is 5.04. The maximum absolute atomic E-state index is 12.8. The molecule has 0 unspecified atom stereocenters. The van der Waals surface area contributed by atoms with E-state index in [0.717, 1.165) is 29.8 Å². The van der Waals surface area contributed by atoms with Crippen LogP contribution in [0.15, 0.2) is 59.8 Å². The quantitative estimate of drug-likeness (QED) is 0.450. The normalized spacial score (nSPS) is 14.3. The molecule has 1 fully saturated rings. The van der Waals surface area contributed by atoms with E-state index in [-0.39, 0.29) is 5.91 Å². The summed E-state index contributed by atoms with van der Waals surface area (Å²) in [6, 6.07) is 18.3. The topological polar surface area (TPSA) is 60.3 Å². The number of nitrogens with zero attached hydrogens (tertiary/aromatic N) is 4. The summed E-state index contributed by atoms with van der Waals surface area (Å²) in [7, 11) is 1.93. The van der Waals surface area contributed by atoms with Crippen molar-refractivity contribution in [2.45, 2.75) is 56.8 Å². The van der Waals surface area contributed by atoms with Crippen LogP contribution >= 0.6 is 11.8 Å². The largest absolute Gasteiger partial charge is 0.485 e. The zero-order chi connectivity index (χ0) is 22.3. The maximum Gasteiger partial charge on any atom is 0.233 e. The summed E-state index contributed by atoms with van der Waals surface area (Å²) in [4.78, 5) is 14.8. The van der Waals surface area contributed by atoms with Crippen LogP contribution < -0.4 is 4.74 Å². The fourth-order valence-corrected chi connectivity index (χ4v) is 4.98. The lowest BCUT2D eigenvalue weighted by Crippen LogP contribution is -2.39. The fraction of sp³-hybridized carbons (Fsp3) is 0.400. The van der Waals surface area contributed by atoms with E-state index in [2.05, 4.69) is 10.2 Å². The number of rotatable bonds is 8. The molecule has 0 atom stereocenters. The molecule has 0 bridgehead atoms. The third kappa shape index (κ3) is 5.33. The molecule has 1 heterocycles. The number of hydrogen-bond donors (Lipinski definition) is 0. The minimum atomic E-state index is 0.141. The number of aromatic nitrogens is 3. The van der Waals surface area contributed by atoms with Gasteiger partial charge in [0.05, 0.1) is 5.75 Å². The second kappa shape index (κ2) is 10.7. The Morgan fingerprint density at radius 3 is 2.53 bits per heavy atom.